The summed E-state index contributed by atoms with van der Waals surface area (Å²) in [5, 5.41) is 14.1. The number of aromatic nitrogens is 2. The summed E-state index contributed by atoms with van der Waals surface area (Å²) < 4.78 is 2.05. The highest BCUT2D eigenvalue weighted by molar-refractivity contribution is 6.17. The molecule has 0 fully saturated rings. The van der Waals surface area contributed by atoms with Gasteiger partial charge in [-0.1, -0.05) is 13.8 Å². The molecule has 1 aromatic heterocycles. The summed E-state index contributed by atoms with van der Waals surface area (Å²) in [4.78, 5) is 9.61. The third-order valence-electron chi connectivity index (χ3n) is 6.18. The highest BCUT2D eigenvalue weighted by Gasteiger charge is 2.32. The molecule has 0 amide bonds. The van der Waals surface area contributed by atoms with Crippen LogP contribution in [0.1, 0.15) is 59.5 Å². The number of hydrogen-bond acceptors (Lipinski definition) is 4. The fraction of sp³-hybridized carbons (Fsp3) is 0.522. The lowest BCUT2D eigenvalue weighted by Gasteiger charge is -2.29. The highest BCUT2D eigenvalue weighted by Crippen LogP contribution is 2.36. The summed E-state index contributed by atoms with van der Waals surface area (Å²) in [5.74, 6) is 0.798. The topological polar surface area (TPSA) is 62.8 Å². The lowest BCUT2D eigenvalue weighted by molar-refractivity contribution is 0.299. The Morgan fingerprint density at radius 2 is 1.89 bits per heavy atom. The second-order valence-corrected chi connectivity index (χ2v) is 9.00. The van der Waals surface area contributed by atoms with E-state index in [2.05, 4.69) is 39.8 Å². The average Bonchev–Trinajstić information content (AvgIpc) is 3.22. The first kappa shape index (κ1) is 19.1. The molecule has 0 unspecified atom stereocenters. The fourth-order valence-electron chi connectivity index (χ4n) is 4.58. The Kier molecular flexibility index (Phi) is 4.74. The minimum Gasteiger partial charge on any atom is -0.396 e. The minimum atomic E-state index is 0.172. The Labute approximate surface area is 167 Å². The summed E-state index contributed by atoms with van der Waals surface area (Å²) in [7, 11) is 2.05. The van der Waals surface area contributed by atoms with Crippen LogP contribution in [-0.2, 0) is 26.3 Å². The second kappa shape index (κ2) is 6.96. The largest absolute Gasteiger partial charge is 0.396 e. The SMILES string of the molecule is Cc1cc(C2=NCC(c3nn(C)c4c3CCC(C)(C)C4)=N2)cc(C)c1CCO. The standard InChI is InChI=1S/C23H30N4O/c1-14-10-16(11-15(2)17(14)7-9-28)22-24-13-19(25-22)21-18-6-8-23(3,4)12-20(18)27(5)26-21/h10-11,28H,6-9,12-13H2,1-5H3. The number of aryl methyl sites for hydroxylation is 3. The Morgan fingerprint density at radius 1 is 1.18 bits per heavy atom. The second-order valence-electron chi connectivity index (χ2n) is 9.00. The van der Waals surface area contributed by atoms with Gasteiger partial charge >= 0.3 is 0 Å². The van der Waals surface area contributed by atoms with E-state index in [1.54, 1.807) is 0 Å². The zero-order chi connectivity index (χ0) is 20.1. The van der Waals surface area contributed by atoms with Crippen LogP contribution in [0, 0.1) is 19.3 Å². The third kappa shape index (κ3) is 3.32. The number of aliphatic hydroxyl groups excluding tert-OH is 1. The van der Waals surface area contributed by atoms with E-state index in [4.69, 9.17) is 15.1 Å². The molecule has 1 N–H and O–H groups in total. The molecule has 5 heteroatoms. The van der Waals surface area contributed by atoms with Crippen LogP contribution in [0.4, 0.5) is 0 Å². The van der Waals surface area contributed by atoms with Gasteiger partial charge in [-0.2, -0.15) is 5.10 Å². The molecule has 0 spiro atoms. The van der Waals surface area contributed by atoms with Crippen molar-refractivity contribution in [1.82, 2.24) is 9.78 Å². The van der Waals surface area contributed by atoms with E-state index < -0.39 is 0 Å². The van der Waals surface area contributed by atoms with Gasteiger partial charge in [0.05, 0.1) is 12.3 Å². The number of aliphatic hydroxyl groups is 1. The van der Waals surface area contributed by atoms with E-state index in [9.17, 15) is 5.11 Å². The van der Waals surface area contributed by atoms with Gasteiger partial charge in [0, 0.05) is 30.5 Å². The van der Waals surface area contributed by atoms with Crippen molar-refractivity contribution in [2.45, 2.75) is 53.4 Å². The predicted octanol–water partition coefficient (Wildman–Crippen LogP) is 3.34. The maximum Gasteiger partial charge on any atom is 0.155 e. The van der Waals surface area contributed by atoms with Crippen LogP contribution in [0.25, 0.3) is 0 Å². The normalized spacial score (nSPS) is 18.1. The van der Waals surface area contributed by atoms with Crippen LogP contribution in [0.15, 0.2) is 22.1 Å². The van der Waals surface area contributed by atoms with E-state index in [0.29, 0.717) is 18.4 Å². The molecule has 2 aromatic rings. The van der Waals surface area contributed by atoms with Gasteiger partial charge in [0.1, 0.15) is 5.69 Å². The molecule has 4 rings (SSSR count). The van der Waals surface area contributed by atoms with Gasteiger partial charge < -0.3 is 5.11 Å². The van der Waals surface area contributed by atoms with Crippen molar-refractivity contribution in [3.05, 3.63) is 51.3 Å². The Bertz CT molecular complexity index is 971. The number of nitrogens with zero attached hydrogens (tertiary/aromatic N) is 4. The Balaban J connectivity index is 1.66. The monoisotopic (exact) mass is 378 g/mol. The lowest BCUT2D eigenvalue weighted by atomic mass is 9.76. The van der Waals surface area contributed by atoms with Gasteiger partial charge in [0.25, 0.3) is 0 Å². The minimum absolute atomic E-state index is 0.172. The quantitative estimate of drug-likeness (QED) is 0.887. The molecule has 0 saturated carbocycles. The number of rotatable bonds is 4. The first-order chi connectivity index (χ1) is 13.3. The van der Waals surface area contributed by atoms with Crippen LogP contribution in [0.3, 0.4) is 0 Å². The van der Waals surface area contributed by atoms with E-state index in [1.807, 2.05) is 11.7 Å². The number of hydrogen-bond donors (Lipinski definition) is 1. The van der Waals surface area contributed by atoms with Crippen LogP contribution in [0.2, 0.25) is 0 Å². The fourth-order valence-corrected chi connectivity index (χ4v) is 4.58. The number of aliphatic imine (C=N–C) groups is 2. The molecule has 2 aliphatic rings. The van der Waals surface area contributed by atoms with Gasteiger partial charge in [-0.05, 0) is 73.8 Å². The summed E-state index contributed by atoms with van der Waals surface area (Å²) >= 11 is 0. The molecule has 0 radical (unpaired) electrons. The maximum absolute atomic E-state index is 9.29. The van der Waals surface area contributed by atoms with Gasteiger partial charge in [0.2, 0.25) is 0 Å². The van der Waals surface area contributed by atoms with Crippen LogP contribution in [0.5, 0.6) is 0 Å². The van der Waals surface area contributed by atoms with Crippen molar-refractivity contribution in [3.63, 3.8) is 0 Å². The van der Waals surface area contributed by atoms with Gasteiger partial charge in [0.15, 0.2) is 5.84 Å². The van der Waals surface area contributed by atoms with Crippen molar-refractivity contribution in [1.29, 1.82) is 0 Å². The molecule has 1 aromatic carbocycles. The number of amidine groups is 1. The molecular weight excluding hydrogens is 348 g/mol. The van der Waals surface area contributed by atoms with Crippen LogP contribution in [-0.4, -0.2) is 39.6 Å². The molecule has 0 atom stereocenters. The van der Waals surface area contributed by atoms with Crippen molar-refractivity contribution >= 4 is 11.5 Å². The van der Waals surface area contributed by atoms with Crippen LogP contribution < -0.4 is 0 Å². The summed E-state index contributed by atoms with van der Waals surface area (Å²) in [6, 6.07) is 4.28. The van der Waals surface area contributed by atoms with E-state index in [0.717, 1.165) is 35.6 Å². The molecule has 0 saturated heterocycles. The number of benzene rings is 1. The zero-order valence-electron chi connectivity index (χ0n) is 17.6. The first-order valence-electron chi connectivity index (χ1n) is 10.2. The molecule has 1 aliphatic carbocycles. The van der Waals surface area contributed by atoms with Crippen molar-refractivity contribution in [3.8, 4) is 0 Å². The van der Waals surface area contributed by atoms with Crippen molar-refractivity contribution in [2.24, 2.45) is 22.4 Å². The van der Waals surface area contributed by atoms with Gasteiger partial charge in [-0.3, -0.25) is 9.67 Å². The summed E-state index contributed by atoms with van der Waals surface area (Å²) in [6.07, 6.45) is 4.01. The lowest BCUT2D eigenvalue weighted by Crippen LogP contribution is -2.24. The Hall–Kier alpha value is -2.27. The summed E-state index contributed by atoms with van der Waals surface area (Å²) in [5.41, 5.74) is 9.72. The number of fused-ring (bicyclic) bond motifs is 1. The third-order valence-corrected chi connectivity index (χ3v) is 6.18. The van der Waals surface area contributed by atoms with E-state index in [1.165, 1.54) is 34.4 Å². The smallest absolute Gasteiger partial charge is 0.155 e. The van der Waals surface area contributed by atoms with Crippen molar-refractivity contribution in [2.75, 3.05) is 13.2 Å². The Morgan fingerprint density at radius 3 is 2.57 bits per heavy atom. The highest BCUT2D eigenvalue weighted by atomic mass is 16.2. The molecule has 28 heavy (non-hydrogen) atoms. The first-order valence-corrected chi connectivity index (χ1v) is 10.2. The zero-order valence-corrected chi connectivity index (χ0v) is 17.6. The maximum atomic E-state index is 9.29. The summed E-state index contributed by atoms with van der Waals surface area (Å²) in [6.45, 7) is 9.63. The molecule has 148 valence electrons. The molecule has 2 heterocycles. The van der Waals surface area contributed by atoms with Crippen LogP contribution >= 0.6 is 0 Å². The molecule has 5 nitrogen and oxygen atoms in total. The van der Waals surface area contributed by atoms with E-state index in [-0.39, 0.29) is 6.61 Å². The van der Waals surface area contributed by atoms with E-state index >= 15 is 0 Å². The predicted molar refractivity (Wildman–Crippen MR) is 114 cm³/mol. The molecule has 1 aliphatic heterocycles. The molecule has 0 bridgehead atoms. The van der Waals surface area contributed by atoms with Crippen molar-refractivity contribution < 1.29 is 5.11 Å². The average molecular weight is 379 g/mol. The van der Waals surface area contributed by atoms with Gasteiger partial charge in [-0.15, -0.1) is 0 Å². The van der Waals surface area contributed by atoms with Gasteiger partial charge in [-0.25, -0.2) is 4.99 Å². The molecular formula is C23H30N4O.